The van der Waals surface area contributed by atoms with Crippen LogP contribution in [0.15, 0.2) is 18.2 Å². The van der Waals surface area contributed by atoms with E-state index >= 15 is 0 Å². The maximum absolute atomic E-state index is 5.90. The third-order valence-electron chi connectivity index (χ3n) is 3.35. The summed E-state index contributed by atoms with van der Waals surface area (Å²) in [6.07, 6.45) is 3.75. The van der Waals surface area contributed by atoms with Crippen LogP contribution < -0.4 is 5.32 Å². The molecule has 3 nitrogen and oxygen atoms in total. The van der Waals surface area contributed by atoms with Crippen LogP contribution in [0.25, 0.3) is 0 Å². The zero-order valence-electron chi connectivity index (χ0n) is 10.3. The number of halogens is 1. The van der Waals surface area contributed by atoms with Crippen LogP contribution in [0.3, 0.4) is 0 Å². The highest BCUT2D eigenvalue weighted by Gasteiger charge is 2.17. The van der Waals surface area contributed by atoms with Crippen molar-refractivity contribution in [1.29, 1.82) is 0 Å². The van der Waals surface area contributed by atoms with Crippen LogP contribution in [-0.2, 0) is 6.54 Å². The van der Waals surface area contributed by atoms with Crippen molar-refractivity contribution in [2.75, 3.05) is 20.1 Å². The largest absolute Gasteiger partial charge is 0.317 e. The summed E-state index contributed by atoms with van der Waals surface area (Å²) in [5.74, 6) is 0. The minimum absolute atomic E-state index is 0.582. The van der Waals surface area contributed by atoms with Gasteiger partial charge in [-0.2, -0.15) is 0 Å². The Morgan fingerprint density at radius 3 is 3.12 bits per heavy atom. The summed E-state index contributed by atoms with van der Waals surface area (Å²) >= 11 is 5.90. The second kappa shape index (κ2) is 6.34. The molecular weight excluding hydrogens is 234 g/mol. The zero-order chi connectivity index (χ0) is 12.1. The molecule has 2 heterocycles. The van der Waals surface area contributed by atoms with Gasteiger partial charge in [-0.3, -0.25) is 4.90 Å². The molecule has 0 aliphatic carbocycles. The maximum atomic E-state index is 5.90. The van der Waals surface area contributed by atoms with Crippen molar-refractivity contribution < 1.29 is 0 Å². The fourth-order valence-electron chi connectivity index (χ4n) is 2.36. The van der Waals surface area contributed by atoms with Crippen molar-refractivity contribution >= 4 is 11.6 Å². The van der Waals surface area contributed by atoms with Gasteiger partial charge < -0.3 is 5.32 Å². The molecule has 1 aliphatic heterocycles. The Hall–Kier alpha value is -0.640. The van der Waals surface area contributed by atoms with Gasteiger partial charge in [0, 0.05) is 12.6 Å². The Morgan fingerprint density at radius 1 is 1.41 bits per heavy atom. The number of nitrogens with zero attached hydrogens (tertiary/aromatic N) is 2. The molecule has 0 amide bonds. The lowest BCUT2D eigenvalue weighted by Gasteiger charge is -2.26. The van der Waals surface area contributed by atoms with Crippen LogP contribution in [0, 0.1) is 0 Å². The van der Waals surface area contributed by atoms with Crippen molar-refractivity contribution in [3.8, 4) is 0 Å². The third-order valence-corrected chi connectivity index (χ3v) is 3.56. The van der Waals surface area contributed by atoms with E-state index < -0.39 is 0 Å². The zero-order valence-corrected chi connectivity index (χ0v) is 11.1. The Bertz CT molecular complexity index is 348. The summed E-state index contributed by atoms with van der Waals surface area (Å²) in [4.78, 5) is 6.73. The van der Waals surface area contributed by atoms with Crippen LogP contribution in [-0.4, -0.2) is 36.1 Å². The molecule has 0 saturated carbocycles. The van der Waals surface area contributed by atoms with Crippen molar-refractivity contribution in [1.82, 2.24) is 15.2 Å². The van der Waals surface area contributed by atoms with Gasteiger partial charge in [-0.05, 0) is 51.5 Å². The Balaban J connectivity index is 1.93. The van der Waals surface area contributed by atoms with E-state index in [1.54, 1.807) is 0 Å². The Labute approximate surface area is 108 Å². The van der Waals surface area contributed by atoms with Crippen LogP contribution in [0.1, 0.15) is 25.0 Å². The molecule has 1 saturated heterocycles. The SMILES string of the molecule is CN(Cc1cccc(Cl)n1)C1CCCNCC1. The second-order valence-electron chi connectivity index (χ2n) is 4.70. The molecular formula is C13H20ClN3. The summed E-state index contributed by atoms with van der Waals surface area (Å²) in [5, 5.41) is 4.02. The summed E-state index contributed by atoms with van der Waals surface area (Å²) in [6.45, 7) is 3.16. The van der Waals surface area contributed by atoms with Gasteiger partial charge in [0.25, 0.3) is 0 Å². The van der Waals surface area contributed by atoms with Gasteiger partial charge >= 0.3 is 0 Å². The topological polar surface area (TPSA) is 28.2 Å². The number of rotatable bonds is 3. The third kappa shape index (κ3) is 3.95. The predicted molar refractivity (Wildman–Crippen MR) is 71.2 cm³/mol. The number of nitrogens with one attached hydrogen (secondary N) is 1. The van der Waals surface area contributed by atoms with Crippen LogP contribution >= 0.6 is 11.6 Å². The standard InChI is InChI=1S/C13H20ClN3/c1-17(12-5-3-8-15-9-7-12)10-11-4-2-6-13(14)16-11/h2,4,6,12,15H,3,5,7-10H2,1H3. The first-order valence-electron chi connectivity index (χ1n) is 6.28. The fraction of sp³-hybridized carbons (Fsp3) is 0.615. The van der Waals surface area contributed by atoms with Gasteiger partial charge in [-0.1, -0.05) is 17.7 Å². The number of hydrogen-bond acceptors (Lipinski definition) is 3. The van der Waals surface area contributed by atoms with Crippen LogP contribution in [0.4, 0.5) is 0 Å². The fourth-order valence-corrected chi connectivity index (χ4v) is 2.55. The average molecular weight is 254 g/mol. The van der Waals surface area contributed by atoms with Gasteiger partial charge in [0.15, 0.2) is 0 Å². The van der Waals surface area contributed by atoms with E-state index in [1.807, 2.05) is 18.2 Å². The van der Waals surface area contributed by atoms with E-state index in [9.17, 15) is 0 Å². The lowest BCUT2D eigenvalue weighted by Crippen LogP contribution is -2.32. The minimum atomic E-state index is 0.582. The van der Waals surface area contributed by atoms with Crippen LogP contribution in [0.2, 0.25) is 5.15 Å². The molecule has 1 aromatic heterocycles. The summed E-state index contributed by atoms with van der Waals surface area (Å²) < 4.78 is 0. The van der Waals surface area contributed by atoms with Crippen molar-refractivity contribution in [2.45, 2.75) is 31.8 Å². The van der Waals surface area contributed by atoms with Crippen molar-refractivity contribution in [3.05, 3.63) is 29.0 Å². The number of hydrogen-bond donors (Lipinski definition) is 1. The lowest BCUT2D eigenvalue weighted by atomic mass is 10.1. The summed E-state index contributed by atoms with van der Waals surface area (Å²) in [7, 11) is 2.18. The lowest BCUT2D eigenvalue weighted by molar-refractivity contribution is 0.214. The molecule has 1 fully saturated rings. The minimum Gasteiger partial charge on any atom is -0.317 e. The van der Waals surface area contributed by atoms with Crippen LogP contribution in [0.5, 0.6) is 0 Å². The molecule has 17 heavy (non-hydrogen) atoms. The first-order chi connectivity index (χ1) is 8.25. The molecule has 1 aromatic rings. The molecule has 94 valence electrons. The van der Waals surface area contributed by atoms with Crippen molar-refractivity contribution in [3.63, 3.8) is 0 Å². The monoisotopic (exact) mass is 253 g/mol. The molecule has 1 atom stereocenters. The molecule has 0 radical (unpaired) electrons. The molecule has 0 bridgehead atoms. The highest BCUT2D eigenvalue weighted by molar-refractivity contribution is 6.29. The molecule has 2 rings (SSSR count). The van der Waals surface area contributed by atoms with E-state index in [-0.39, 0.29) is 0 Å². The first kappa shape index (κ1) is 12.8. The quantitative estimate of drug-likeness (QED) is 0.838. The van der Waals surface area contributed by atoms with Gasteiger partial charge in [-0.15, -0.1) is 0 Å². The Morgan fingerprint density at radius 2 is 2.29 bits per heavy atom. The predicted octanol–water partition coefficient (Wildman–Crippen LogP) is 2.31. The highest BCUT2D eigenvalue weighted by atomic mass is 35.5. The second-order valence-corrected chi connectivity index (χ2v) is 5.09. The summed E-state index contributed by atoms with van der Waals surface area (Å²) in [6, 6.07) is 6.48. The van der Waals surface area contributed by atoms with E-state index in [1.165, 1.54) is 19.3 Å². The summed E-state index contributed by atoms with van der Waals surface area (Å²) in [5.41, 5.74) is 1.05. The molecule has 0 aromatic carbocycles. The highest BCUT2D eigenvalue weighted by Crippen LogP contribution is 2.15. The van der Waals surface area contributed by atoms with E-state index in [0.717, 1.165) is 25.3 Å². The molecule has 1 unspecified atom stereocenters. The smallest absolute Gasteiger partial charge is 0.129 e. The number of aromatic nitrogens is 1. The molecule has 1 aliphatic rings. The average Bonchev–Trinajstić information content (AvgIpc) is 2.57. The van der Waals surface area contributed by atoms with E-state index in [0.29, 0.717) is 11.2 Å². The van der Waals surface area contributed by atoms with E-state index in [4.69, 9.17) is 11.6 Å². The first-order valence-corrected chi connectivity index (χ1v) is 6.66. The van der Waals surface area contributed by atoms with Gasteiger partial charge in [0.1, 0.15) is 5.15 Å². The molecule has 0 spiro atoms. The maximum Gasteiger partial charge on any atom is 0.129 e. The normalized spacial score (nSPS) is 21.5. The van der Waals surface area contributed by atoms with Gasteiger partial charge in [0.2, 0.25) is 0 Å². The van der Waals surface area contributed by atoms with Gasteiger partial charge in [-0.25, -0.2) is 4.98 Å². The van der Waals surface area contributed by atoms with Crippen molar-refractivity contribution in [2.24, 2.45) is 0 Å². The van der Waals surface area contributed by atoms with E-state index in [2.05, 4.69) is 22.2 Å². The van der Waals surface area contributed by atoms with Gasteiger partial charge in [0.05, 0.1) is 5.69 Å². The number of pyridine rings is 1. The molecule has 4 heteroatoms. The Kier molecular flexibility index (Phi) is 4.77. The molecule has 1 N–H and O–H groups in total.